The Kier molecular flexibility index (Phi) is 6.05. The van der Waals surface area contributed by atoms with Gasteiger partial charge in [-0.15, -0.1) is 0 Å². The molecule has 1 aromatic rings. The topological polar surface area (TPSA) is 82.8 Å². The molecule has 0 radical (unpaired) electrons. The van der Waals surface area contributed by atoms with Gasteiger partial charge in [-0.3, -0.25) is 4.79 Å². The van der Waals surface area contributed by atoms with Gasteiger partial charge in [0, 0.05) is 13.1 Å². The van der Waals surface area contributed by atoms with E-state index in [4.69, 9.17) is 19.9 Å². The van der Waals surface area contributed by atoms with Crippen molar-refractivity contribution in [3.05, 3.63) is 22.2 Å². The lowest BCUT2D eigenvalue weighted by molar-refractivity contribution is -0.132. The Hall–Kier alpha value is -1.31. The molecule has 122 valence electrons. The number of carbonyl (C=O) groups is 1. The van der Waals surface area contributed by atoms with Crippen LogP contribution in [-0.4, -0.2) is 38.9 Å². The smallest absolute Gasteiger partial charge is 0.249 e. The average Bonchev–Trinajstić information content (AvgIpc) is 3.01. The van der Waals surface area contributed by atoms with Gasteiger partial charge in [-0.1, -0.05) is 0 Å². The maximum Gasteiger partial charge on any atom is 0.249 e. The summed E-state index contributed by atoms with van der Waals surface area (Å²) in [6.45, 7) is 0.845. The summed E-state index contributed by atoms with van der Waals surface area (Å²) in [7, 11) is 3.15. The average molecular weight is 373 g/mol. The minimum atomic E-state index is -0.405. The molecule has 0 aliphatic carbocycles. The molecule has 0 bridgehead atoms. The second-order valence-electron chi connectivity index (χ2n) is 5.09. The summed E-state index contributed by atoms with van der Waals surface area (Å²) in [4.78, 5) is 12.1. The van der Waals surface area contributed by atoms with E-state index in [-0.39, 0.29) is 12.0 Å². The molecule has 1 aliphatic heterocycles. The monoisotopic (exact) mass is 372 g/mol. The van der Waals surface area contributed by atoms with Crippen LogP contribution >= 0.6 is 15.9 Å². The van der Waals surface area contributed by atoms with Crippen LogP contribution < -0.4 is 20.5 Å². The zero-order valence-electron chi connectivity index (χ0n) is 12.7. The minimum Gasteiger partial charge on any atom is -0.493 e. The molecule has 1 fully saturated rings. The number of hydrogen-bond donors (Lipinski definition) is 2. The maximum absolute atomic E-state index is 12.1. The number of hydrogen-bond acceptors (Lipinski definition) is 5. The molecule has 22 heavy (non-hydrogen) atoms. The zero-order chi connectivity index (χ0) is 16.1. The second-order valence-corrected chi connectivity index (χ2v) is 5.95. The van der Waals surface area contributed by atoms with E-state index in [0.29, 0.717) is 31.0 Å². The molecule has 1 aliphatic rings. The standard InChI is InChI=1S/C15H21BrN2O4/c1-20-13-6-9(5-11(16)14(13)21-2)8-18-15(19)12-4-3-10(7-17)22-12/h5-6,10,12H,3-4,7-8,17H2,1-2H3,(H,18,19)/t10-,12+/m1/s1. The molecule has 2 rings (SSSR count). The third-order valence-electron chi connectivity index (χ3n) is 3.62. The Balaban J connectivity index is 1.97. The first-order chi connectivity index (χ1) is 10.6. The fourth-order valence-corrected chi connectivity index (χ4v) is 3.10. The van der Waals surface area contributed by atoms with E-state index in [1.54, 1.807) is 14.2 Å². The molecule has 3 N–H and O–H groups in total. The van der Waals surface area contributed by atoms with Crippen molar-refractivity contribution in [2.75, 3.05) is 20.8 Å². The summed E-state index contributed by atoms with van der Waals surface area (Å²) in [5, 5.41) is 2.88. The molecule has 1 saturated heterocycles. The first-order valence-corrected chi connectivity index (χ1v) is 7.92. The highest BCUT2D eigenvalue weighted by atomic mass is 79.9. The lowest BCUT2D eigenvalue weighted by atomic mass is 10.1. The summed E-state index contributed by atoms with van der Waals surface area (Å²) >= 11 is 3.43. The van der Waals surface area contributed by atoms with Crippen molar-refractivity contribution in [1.29, 1.82) is 0 Å². The zero-order valence-corrected chi connectivity index (χ0v) is 14.3. The predicted molar refractivity (Wildman–Crippen MR) is 86.0 cm³/mol. The Bertz CT molecular complexity index is 539. The number of carbonyl (C=O) groups excluding carboxylic acids is 1. The number of ether oxygens (including phenoxy) is 3. The van der Waals surface area contributed by atoms with E-state index in [9.17, 15) is 4.79 Å². The minimum absolute atomic E-state index is 0.00836. The van der Waals surface area contributed by atoms with E-state index in [1.165, 1.54) is 0 Å². The van der Waals surface area contributed by atoms with Crippen LogP contribution in [-0.2, 0) is 16.1 Å². The van der Waals surface area contributed by atoms with Crippen LogP contribution in [0, 0.1) is 0 Å². The summed E-state index contributed by atoms with van der Waals surface area (Å²) in [6, 6.07) is 3.72. The van der Waals surface area contributed by atoms with Gasteiger partial charge in [0.1, 0.15) is 6.10 Å². The molecule has 0 aromatic heterocycles. The van der Waals surface area contributed by atoms with E-state index in [1.807, 2.05) is 12.1 Å². The lowest BCUT2D eigenvalue weighted by Gasteiger charge is -2.14. The molecule has 1 aromatic carbocycles. The van der Waals surface area contributed by atoms with Gasteiger partial charge in [0.05, 0.1) is 24.8 Å². The number of nitrogens with one attached hydrogen (secondary N) is 1. The number of halogens is 1. The highest BCUT2D eigenvalue weighted by Crippen LogP contribution is 2.36. The van der Waals surface area contributed by atoms with Crippen molar-refractivity contribution >= 4 is 21.8 Å². The molecule has 7 heteroatoms. The van der Waals surface area contributed by atoms with Crippen LogP contribution in [0.5, 0.6) is 11.5 Å². The molecular formula is C15H21BrN2O4. The number of benzene rings is 1. The van der Waals surface area contributed by atoms with E-state index >= 15 is 0 Å². The van der Waals surface area contributed by atoms with Crippen LogP contribution in [0.25, 0.3) is 0 Å². The second kappa shape index (κ2) is 7.80. The third kappa shape index (κ3) is 3.91. The van der Waals surface area contributed by atoms with E-state index in [2.05, 4.69) is 21.2 Å². The molecule has 0 unspecified atom stereocenters. The van der Waals surface area contributed by atoms with Crippen LogP contribution in [0.2, 0.25) is 0 Å². The fourth-order valence-electron chi connectivity index (χ4n) is 2.45. The molecule has 6 nitrogen and oxygen atoms in total. The van der Waals surface area contributed by atoms with Crippen molar-refractivity contribution < 1.29 is 19.0 Å². The van der Waals surface area contributed by atoms with Crippen LogP contribution in [0.4, 0.5) is 0 Å². The maximum atomic E-state index is 12.1. The molecule has 0 spiro atoms. The number of amides is 1. The Morgan fingerprint density at radius 3 is 2.77 bits per heavy atom. The third-order valence-corrected chi connectivity index (χ3v) is 4.21. The predicted octanol–water partition coefficient (Wildman–Crippen LogP) is 1.59. The Morgan fingerprint density at radius 1 is 1.41 bits per heavy atom. The Labute approximate surface area is 138 Å². The number of rotatable bonds is 6. The number of nitrogens with two attached hydrogens (primary N) is 1. The van der Waals surface area contributed by atoms with Crippen molar-refractivity contribution in [2.24, 2.45) is 5.73 Å². The van der Waals surface area contributed by atoms with Crippen LogP contribution in [0.1, 0.15) is 18.4 Å². The SMILES string of the molecule is COc1cc(CNC(=O)[C@@H]2CC[C@H](CN)O2)cc(Br)c1OC. The van der Waals surface area contributed by atoms with Crippen molar-refractivity contribution in [3.8, 4) is 11.5 Å². The van der Waals surface area contributed by atoms with Crippen LogP contribution in [0.15, 0.2) is 16.6 Å². The largest absolute Gasteiger partial charge is 0.493 e. The number of methoxy groups -OCH3 is 2. The van der Waals surface area contributed by atoms with Gasteiger partial charge >= 0.3 is 0 Å². The summed E-state index contributed by atoms with van der Waals surface area (Å²) < 4.78 is 16.9. The molecule has 0 saturated carbocycles. The van der Waals surface area contributed by atoms with Gasteiger partial charge in [0.25, 0.3) is 0 Å². The van der Waals surface area contributed by atoms with Gasteiger partial charge in [0.15, 0.2) is 11.5 Å². The van der Waals surface area contributed by atoms with Gasteiger partial charge in [-0.2, -0.15) is 0 Å². The lowest BCUT2D eigenvalue weighted by Crippen LogP contribution is -2.35. The normalized spacial score (nSPS) is 20.7. The van der Waals surface area contributed by atoms with Gasteiger partial charge in [0.2, 0.25) is 5.91 Å². The van der Waals surface area contributed by atoms with Gasteiger partial charge in [-0.05, 0) is 46.5 Å². The van der Waals surface area contributed by atoms with E-state index < -0.39 is 6.10 Å². The quantitative estimate of drug-likeness (QED) is 0.792. The van der Waals surface area contributed by atoms with Gasteiger partial charge < -0.3 is 25.3 Å². The van der Waals surface area contributed by atoms with Crippen molar-refractivity contribution in [1.82, 2.24) is 5.32 Å². The molecule has 1 amide bonds. The van der Waals surface area contributed by atoms with E-state index in [0.717, 1.165) is 16.5 Å². The molecular weight excluding hydrogens is 352 g/mol. The highest BCUT2D eigenvalue weighted by molar-refractivity contribution is 9.10. The summed E-state index contributed by atoms with van der Waals surface area (Å²) in [5.41, 5.74) is 6.46. The molecule has 2 atom stereocenters. The first kappa shape index (κ1) is 17.1. The first-order valence-electron chi connectivity index (χ1n) is 7.12. The fraction of sp³-hybridized carbons (Fsp3) is 0.533. The summed E-state index contributed by atoms with van der Waals surface area (Å²) in [5.74, 6) is 1.13. The van der Waals surface area contributed by atoms with Crippen LogP contribution in [0.3, 0.4) is 0 Å². The van der Waals surface area contributed by atoms with Crippen molar-refractivity contribution in [2.45, 2.75) is 31.6 Å². The van der Waals surface area contributed by atoms with Crippen molar-refractivity contribution in [3.63, 3.8) is 0 Å². The Morgan fingerprint density at radius 2 is 2.18 bits per heavy atom. The molecule has 1 heterocycles. The summed E-state index contributed by atoms with van der Waals surface area (Å²) in [6.07, 6.45) is 1.13. The highest BCUT2D eigenvalue weighted by Gasteiger charge is 2.29. The van der Waals surface area contributed by atoms with Gasteiger partial charge in [-0.25, -0.2) is 0 Å².